The Kier molecular flexibility index (Phi) is 8.76. The molecule has 0 aliphatic rings. The van der Waals surface area contributed by atoms with Crippen LogP contribution in [-0.2, 0) is 17.8 Å². The van der Waals surface area contributed by atoms with Crippen molar-refractivity contribution in [2.24, 2.45) is 0 Å². The van der Waals surface area contributed by atoms with Gasteiger partial charge in [0.05, 0.1) is 11.0 Å². The van der Waals surface area contributed by atoms with Crippen molar-refractivity contribution >= 4 is 16.9 Å². The summed E-state index contributed by atoms with van der Waals surface area (Å²) in [6.07, 6.45) is 8.35. The molecule has 3 aromatic rings. The Bertz CT molecular complexity index is 905. The van der Waals surface area contributed by atoms with Crippen LogP contribution >= 0.6 is 0 Å². The molecule has 0 aliphatic carbocycles. The molecule has 0 spiro atoms. The van der Waals surface area contributed by atoms with Gasteiger partial charge in [-0.1, -0.05) is 69.4 Å². The Morgan fingerprint density at radius 3 is 2.53 bits per heavy atom. The third kappa shape index (κ3) is 6.61. The number of para-hydroxylation sites is 3. The maximum absolute atomic E-state index is 12.1. The van der Waals surface area contributed by atoms with Gasteiger partial charge in [-0.2, -0.15) is 0 Å². The summed E-state index contributed by atoms with van der Waals surface area (Å²) < 4.78 is 7.82. The summed E-state index contributed by atoms with van der Waals surface area (Å²) in [5.41, 5.74) is 2.21. The second-order valence-corrected chi connectivity index (χ2v) is 7.64. The number of benzene rings is 2. The molecule has 1 aromatic heterocycles. The lowest BCUT2D eigenvalue weighted by atomic mass is 10.1. The van der Waals surface area contributed by atoms with E-state index in [9.17, 15) is 4.79 Å². The molecule has 0 aliphatic heterocycles. The highest BCUT2D eigenvalue weighted by atomic mass is 16.5. The Balaban J connectivity index is 1.50. The number of hydrogen-bond donors (Lipinski definition) is 1. The first-order chi connectivity index (χ1) is 14.8. The minimum Gasteiger partial charge on any atom is -0.484 e. The Morgan fingerprint density at radius 1 is 0.967 bits per heavy atom. The number of nitrogens with zero attached hydrogens (tertiary/aromatic N) is 2. The molecule has 160 valence electrons. The van der Waals surface area contributed by atoms with Crippen LogP contribution in [0.1, 0.15) is 51.3 Å². The topological polar surface area (TPSA) is 56.2 Å². The fourth-order valence-corrected chi connectivity index (χ4v) is 3.65. The van der Waals surface area contributed by atoms with E-state index >= 15 is 0 Å². The van der Waals surface area contributed by atoms with Crippen LogP contribution in [0.15, 0.2) is 54.6 Å². The number of aryl methyl sites for hydroxylation is 1. The fourth-order valence-electron chi connectivity index (χ4n) is 3.65. The normalized spacial score (nSPS) is 11.0. The second kappa shape index (κ2) is 12.0. The standard InChI is InChI=1S/C25H33N3O2/c1-2-3-4-5-6-12-19-28-23-16-11-10-15-22(23)27-24(28)17-18-26-25(29)20-30-21-13-8-7-9-14-21/h7-11,13-16H,2-6,12,17-20H2,1H3,(H,26,29). The Hall–Kier alpha value is -2.82. The molecule has 2 aromatic carbocycles. The van der Waals surface area contributed by atoms with E-state index in [0.717, 1.165) is 24.3 Å². The molecule has 0 unspecified atom stereocenters. The quantitative estimate of drug-likeness (QED) is 0.399. The molecule has 0 fully saturated rings. The van der Waals surface area contributed by atoms with Gasteiger partial charge in [0.15, 0.2) is 6.61 Å². The van der Waals surface area contributed by atoms with Gasteiger partial charge in [-0.15, -0.1) is 0 Å². The van der Waals surface area contributed by atoms with E-state index in [1.54, 1.807) is 0 Å². The molecule has 30 heavy (non-hydrogen) atoms. The molecule has 0 bridgehead atoms. The van der Waals surface area contributed by atoms with Gasteiger partial charge in [-0.25, -0.2) is 4.98 Å². The van der Waals surface area contributed by atoms with E-state index in [1.165, 1.54) is 37.6 Å². The Morgan fingerprint density at radius 2 is 1.70 bits per heavy atom. The summed E-state index contributed by atoms with van der Waals surface area (Å²) >= 11 is 0. The molecule has 0 atom stereocenters. The number of imidazole rings is 1. The summed E-state index contributed by atoms with van der Waals surface area (Å²) in [5.74, 6) is 1.62. The SMILES string of the molecule is CCCCCCCCn1c(CCNC(=O)COc2ccccc2)nc2ccccc21. The highest BCUT2D eigenvalue weighted by Gasteiger charge is 2.11. The van der Waals surface area contributed by atoms with Gasteiger partial charge in [0.25, 0.3) is 5.91 Å². The summed E-state index contributed by atoms with van der Waals surface area (Å²) in [7, 11) is 0. The average molecular weight is 408 g/mol. The van der Waals surface area contributed by atoms with Crippen molar-refractivity contribution in [1.82, 2.24) is 14.9 Å². The zero-order valence-corrected chi connectivity index (χ0v) is 18.0. The van der Waals surface area contributed by atoms with Crippen molar-refractivity contribution in [3.63, 3.8) is 0 Å². The smallest absolute Gasteiger partial charge is 0.257 e. The van der Waals surface area contributed by atoms with Crippen LogP contribution in [0.2, 0.25) is 0 Å². The molecule has 0 saturated carbocycles. The maximum Gasteiger partial charge on any atom is 0.257 e. The van der Waals surface area contributed by atoms with Gasteiger partial charge in [0.2, 0.25) is 0 Å². The zero-order valence-electron chi connectivity index (χ0n) is 18.0. The molecule has 1 amide bonds. The van der Waals surface area contributed by atoms with E-state index < -0.39 is 0 Å². The van der Waals surface area contributed by atoms with Crippen LogP contribution < -0.4 is 10.1 Å². The van der Waals surface area contributed by atoms with E-state index in [-0.39, 0.29) is 12.5 Å². The molecule has 5 heteroatoms. The molecule has 1 N–H and O–H groups in total. The molecular weight excluding hydrogens is 374 g/mol. The highest BCUT2D eigenvalue weighted by molar-refractivity contribution is 5.77. The van der Waals surface area contributed by atoms with Gasteiger partial charge in [0.1, 0.15) is 11.6 Å². The molecule has 0 radical (unpaired) electrons. The first-order valence-corrected chi connectivity index (χ1v) is 11.2. The number of amides is 1. The van der Waals surface area contributed by atoms with Crippen molar-refractivity contribution < 1.29 is 9.53 Å². The number of aromatic nitrogens is 2. The zero-order chi connectivity index (χ0) is 21.0. The van der Waals surface area contributed by atoms with Gasteiger partial charge >= 0.3 is 0 Å². The number of nitrogens with one attached hydrogen (secondary N) is 1. The predicted octanol–water partition coefficient (Wildman–Crippen LogP) is 5.13. The lowest BCUT2D eigenvalue weighted by Gasteiger charge is -2.10. The van der Waals surface area contributed by atoms with E-state index in [4.69, 9.17) is 9.72 Å². The molecule has 5 nitrogen and oxygen atoms in total. The summed E-state index contributed by atoms with van der Waals surface area (Å²) in [4.78, 5) is 16.9. The van der Waals surface area contributed by atoms with Crippen LogP contribution in [-0.4, -0.2) is 28.6 Å². The van der Waals surface area contributed by atoms with E-state index in [1.807, 2.05) is 36.4 Å². The van der Waals surface area contributed by atoms with Crippen LogP contribution in [0, 0.1) is 0 Å². The first kappa shape index (κ1) is 21.9. The van der Waals surface area contributed by atoms with Crippen molar-refractivity contribution in [3.05, 3.63) is 60.4 Å². The van der Waals surface area contributed by atoms with Crippen molar-refractivity contribution in [2.45, 2.75) is 58.4 Å². The minimum atomic E-state index is -0.113. The van der Waals surface area contributed by atoms with Gasteiger partial charge < -0.3 is 14.6 Å². The number of rotatable bonds is 13. The van der Waals surface area contributed by atoms with Gasteiger partial charge in [0, 0.05) is 19.5 Å². The second-order valence-electron chi connectivity index (χ2n) is 7.64. The molecular formula is C25H33N3O2. The number of carbonyl (C=O) groups is 1. The molecule has 3 rings (SSSR count). The maximum atomic E-state index is 12.1. The monoisotopic (exact) mass is 407 g/mol. The largest absolute Gasteiger partial charge is 0.484 e. The predicted molar refractivity (Wildman–Crippen MR) is 122 cm³/mol. The number of ether oxygens (including phenoxy) is 1. The number of carbonyl (C=O) groups excluding carboxylic acids is 1. The first-order valence-electron chi connectivity index (χ1n) is 11.2. The number of unbranched alkanes of at least 4 members (excludes halogenated alkanes) is 5. The molecule has 0 saturated heterocycles. The third-order valence-corrected chi connectivity index (χ3v) is 5.25. The molecule has 1 heterocycles. The number of hydrogen-bond acceptors (Lipinski definition) is 3. The summed E-state index contributed by atoms with van der Waals surface area (Å²) in [6.45, 7) is 3.80. The third-order valence-electron chi connectivity index (χ3n) is 5.25. The Labute approximate surface area is 179 Å². The van der Waals surface area contributed by atoms with Crippen molar-refractivity contribution in [1.29, 1.82) is 0 Å². The summed E-state index contributed by atoms with van der Waals surface area (Å²) in [5, 5.41) is 2.95. The lowest BCUT2D eigenvalue weighted by Crippen LogP contribution is -2.31. The minimum absolute atomic E-state index is 0.0260. The van der Waals surface area contributed by atoms with Crippen molar-refractivity contribution in [3.8, 4) is 5.75 Å². The fraction of sp³-hybridized carbons (Fsp3) is 0.440. The van der Waals surface area contributed by atoms with Crippen LogP contribution in [0.5, 0.6) is 5.75 Å². The van der Waals surface area contributed by atoms with Crippen LogP contribution in [0.4, 0.5) is 0 Å². The van der Waals surface area contributed by atoms with Crippen molar-refractivity contribution in [2.75, 3.05) is 13.2 Å². The lowest BCUT2D eigenvalue weighted by molar-refractivity contribution is -0.123. The van der Waals surface area contributed by atoms with E-state index in [2.05, 4.69) is 35.0 Å². The van der Waals surface area contributed by atoms with E-state index in [0.29, 0.717) is 18.7 Å². The van der Waals surface area contributed by atoms with Crippen LogP contribution in [0.25, 0.3) is 11.0 Å². The van der Waals surface area contributed by atoms with Gasteiger partial charge in [-0.05, 0) is 30.7 Å². The average Bonchev–Trinajstić information content (AvgIpc) is 3.13. The highest BCUT2D eigenvalue weighted by Crippen LogP contribution is 2.18. The number of fused-ring (bicyclic) bond motifs is 1. The van der Waals surface area contributed by atoms with Crippen LogP contribution in [0.3, 0.4) is 0 Å². The van der Waals surface area contributed by atoms with Gasteiger partial charge in [-0.3, -0.25) is 4.79 Å². The summed E-state index contributed by atoms with van der Waals surface area (Å²) in [6, 6.07) is 17.7.